The third kappa shape index (κ3) is 1.98. The highest BCUT2D eigenvalue weighted by molar-refractivity contribution is 7.26. The van der Waals surface area contributed by atoms with Crippen LogP contribution in [-0.2, 0) is 4.74 Å². The van der Waals surface area contributed by atoms with E-state index in [1.807, 2.05) is 6.92 Å². The standard InChI is InChI=1S/C10H13NOS2/c1-2-12-6-7(11)9-5-10-8(14-9)3-4-13-10/h3-5,7H,2,6,11H2,1H3. The Balaban J connectivity index is 2.13. The molecule has 0 aliphatic carbocycles. The summed E-state index contributed by atoms with van der Waals surface area (Å²) in [6.45, 7) is 3.33. The molecule has 0 saturated heterocycles. The summed E-state index contributed by atoms with van der Waals surface area (Å²) in [7, 11) is 0. The summed E-state index contributed by atoms with van der Waals surface area (Å²) in [4.78, 5) is 1.22. The molecular formula is C10H13NOS2. The van der Waals surface area contributed by atoms with Crippen LogP contribution < -0.4 is 5.73 Å². The van der Waals surface area contributed by atoms with Crippen molar-refractivity contribution in [3.63, 3.8) is 0 Å². The zero-order valence-electron chi connectivity index (χ0n) is 8.03. The van der Waals surface area contributed by atoms with Gasteiger partial charge in [-0.25, -0.2) is 0 Å². The monoisotopic (exact) mass is 227 g/mol. The lowest BCUT2D eigenvalue weighted by atomic mass is 10.3. The minimum atomic E-state index is 0.0274. The SMILES string of the molecule is CCOCC(N)c1cc2sccc2s1. The van der Waals surface area contributed by atoms with Crippen molar-refractivity contribution in [1.29, 1.82) is 0 Å². The number of thiophene rings is 2. The van der Waals surface area contributed by atoms with E-state index in [-0.39, 0.29) is 6.04 Å². The predicted octanol–water partition coefficient (Wildman–Crippen LogP) is 3.00. The van der Waals surface area contributed by atoms with E-state index < -0.39 is 0 Å². The Labute approximate surface area is 91.3 Å². The van der Waals surface area contributed by atoms with Crippen molar-refractivity contribution in [3.05, 3.63) is 22.4 Å². The number of hydrogen-bond acceptors (Lipinski definition) is 4. The molecule has 2 nitrogen and oxygen atoms in total. The minimum Gasteiger partial charge on any atom is -0.380 e. The lowest BCUT2D eigenvalue weighted by Crippen LogP contribution is -2.15. The van der Waals surface area contributed by atoms with E-state index in [0.717, 1.165) is 6.61 Å². The molecule has 0 saturated carbocycles. The predicted molar refractivity (Wildman–Crippen MR) is 63.1 cm³/mol. The first-order valence-electron chi connectivity index (χ1n) is 4.61. The van der Waals surface area contributed by atoms with E-state index >= 15 is 0 Å². The highest BCUT2D eigenvalue weighted by Crippen LogP contribution is 2.32. The maximum Gasteiger partial charge on any atom is 0.0667 e. The van der Waals surface area contributed by atoms with Crippen LogP contribution in [0.2, 0.25) is 0 Å². The normalized spacial score (nSPS) is 13.6. The van der Waals surface area contributed by atoms with Gasteiger partial charge in [-0.05, 0) is 24.4 Å². The van der Waals surface area contributed by atoms with E-state index in [1.165, 1.54) is 14.3 Å². The number of ether oxygens (including phenoxy) is 1. The van der Waals surface area contributed by atoms with Gasteiger partial charge in [0.15, 0.2) is 0 Å². The Morgan fingerprint density at radius 1 is 1.50 bits per heavy atom. The molecule has 4 heteroatoms. The van der Waals surface area contributed by atoms with Crippen LogP contribution in [0, 0.1) is 0 Å². The topological polar surface area (TPSA) is 35.2 Å². The summed E-state index contributed by atoms with van der Waals surface area (Å²) in [5, 5.41) is 2.11. The van der Waals surface area contributed by atoms with Crippen molar-refractivity contribution in [1.82, 2.24) is 0 Å². The highest BCUT2D eigenvalue weighted by atomic mass is 32.1. The van der Waals surface area contributed by atoms with Crippen LogP contribution >= 0.6 is 22.7 Å². The summed E-state index contributed by atoms with van der Waals surface area (Å²) < 4.78 is 7.97. The van der Waals surface area contributed by atoms with Crippen LogP contribution in [0.5, 0.6) is 0 Å². The Morgan fingerprint density at radius 3 is 3.07 bits per heavy atom. The first-order valence-corrected chi connectivity index (χ1v) is 6.31. The minimum absolute atomic E-state index is 0.0274. The first-order chi connectivity index (χ1) is 6.81. The molecule has 2 aromatic rings. The van der Waals surface area contributed by atoms with Crippen molar-refractivity contribution in [2.75, 3.05) is 13.2 Å². The summed E-state index contributed by atoms with van der Waals surface area (Å²) in [5.74, 6) is 0. The molecule has 0 spiro atoms. The highest BCUT2D eigenvalue weighted by Gasteiger charge is 2.10. The van der Waals surface area contributed by atoms with Crippen LogP contribution in [0.4, 0.5) is 0 Å². The molecule has 2 heterocycles. The molecule has 0 amide bonds. The molecule has 76 valence electrons. The van der Waals surface area contributed by atoms with Gasteiger partial charge in [-0.1, -0.05) is 0 Å². The van der Waals surface area contributed by atoms with Crippen molar-refractivity contribution in [3.8, 4) is 0 Å². The average molecular weight is 227 g/mol. The van der Waals surface area contributed by atoms with Gasteiger partial charge in [-0.2, -0.15) is 0 Å². The number of hydrogen-bond donors (Lipinski definition) is 1. The molecule has 2 N–H and O–H groups in total. The van der Waals surface area contributed by atoms with Crippen LogP contribution in [0.3, 0.4) is 0 Å². The van der Waals surface area contributed by atoms with Crippen molar-refractivity contribution >= 4 is 32.1 Å². The molecule has 0 aliphatic heterocycles. The van der Waals surface area contributed by atoms with Crippen LogP contribution in [0.25, 0.3) is 9.40 Å². The lowest BCUT2D eigenvalue weighted by Gasteiger charge is -2.08. The summed E-state index contributed by atoms with van der Waals surface area (Å²) in [6.07, 6.45) is 0. The molecule has 14 heavy (non-hydrogen) atoms. The molecule has 0 aliphatic rings. The van der Waals surface area contributed by atoms with Crippen molar-refractivity contribution in [2.24, 2.45) is 5.73 Å². The smallest absolute Gasteiger partial charge is 0.0667 e. The summed E-state index contributed by atoms with van der Waals surface area (Å²) in [6, 6.07) is 4.34. The fourth-order valence-corrected chi connectivity index (χ4v) is 3.40. The maximum absolute atomic E-state index is 5.99. The van der Waals surface area contributed by atoms with Gasteiger partial charge in [0.25, 0.3) is 0 Å². The molecule has 0 aromatic carbocycles. The average Bonchev–Trinajstić information content (AvgIpc) is 2.72. The fourth-order valence-electron chi connectivity index (χ4n) is 1.29. The van der Waals surface area contributed by atoms with Gasteiger partial charge in [0, 0.05) is 20.9 Å². The molecule has 2 aromatic heterocycles. The molecule has 1 atom stereocenters. The zero-order chi connectivity index (χ0) is 9.97. The number of fused-ring (bicyclic) bond motifs is 1. The summed E-state index contributed by atoms with van der Waals surface area (Å²) in [5.41, 5.74) is 5.99. The molecule has 0 radical (unpaired) electrons. The third-order valence-electron chi connectivity index (χ3n) is 2.03. The Hall–Kier alpha value is -0.420. The molecule has 2 rings (SSSR count). The lowest BCUT2D eigenvalue weighted by molar-refractivity contribution is 0.134. The Bertz CT molecular complexity index is 378. The van der Waals surface area contributed by atoms with Gasteiger partial charge in [0.05, 0.1) is 12.6 Å². The Kier molecular flexibility index (Phi) is 3.18. The molecular weight excluding hydrogens is 214 g/mol. The second kappa shape index (κ2) is 4.40. The third-order valence-corrected chi connectivity index (χ3v) is 4.25. The van der Waals surface area contributed by atoms with E-state index in [9.17, 15) is 0 Å². The van der Waals surface area contributed by atoms with Gasteiger partial charge >= 0.3 is 0 Å². The van der Waals surface area contributed by atoms with Crippen molar-refractivity contribution < 1.29 is 4.74 Å². The number of rotatable bonds is 4. The van der Waals surface area contributed by atoms with E-state index in [2.05, 4.69) is 17.5 Å². The quantitative estimate of drug-likeness (QED) is 0.871. The summed E-state index contributed by atoms with van der Waals surface area (Å²) >= 11 is 3.53. The maximum atomic E-state index is 5.99. The van der Waals surface area contributed by atoms with Crippen LogP contribution in [0.1, 0.15) is 17.8 Å². The van der Waals surface area contributed by atoms with Gasteiger partial charge in [0.1, 0.15) is 0 Å². The van der Waals surface area contributed by atoms with Crippen LogP contribution in [-0.4, -0.2) is 13.2 Å². The molecule has 0 bridgehead atoms. The molecule has 0 fully saturated rings. The number of nitrogens with two attached hydrogens (primary N) is 1. The van der Waals surface area contributed by atoms with Gasteiger partial charge in [-0.3, -0.25) is 0 Å². The largest absolute Gasteiger partial charge is 0.380 e. The van der Waals surface area contributed by atoms with Gasteiger partial charge < -0.3 is 10.5 Å². The van der Waals surface area contributed by atoms with Gasteiger partial charge in [0.2, 0.25) is 0 Å². The van der Waals surface area contributed by atoms with Gasteiger partial charge in [-0.15, -0.1) is 22.7 Å². The second-order valence-corrected chi connectivity index (χ2v) is 5.13. The first kappa shape index (κ1) is 10.1. The zero-order valence-corrected chi connectivity index (χ0v) is 9.66. The van der Waals surface area contributed by atoms with E-state index in [0.29, 0.717) is 6.61 Å². The van der Waals surface area contributed by atoms with E-state index in [1.54, 1.807) is 22.7 Å². The van der Waals surface area contributed by atoms with Crippen molar-refractivity contribution in [2.45, 2.75) is 13.0 Å². The fraction of sp³-hybridized carbons (Fsp3) is 0.400. The van der Waals surface area contributed by atoms with Crippen LogP contribution in [0.15, 0.2) is 17.5 Å². The second-order valence-electron chi connectivity index (χ2n) is 3.06. The Morgan fingerprint density at radius 2 is 2.36 bits per heavy atom. The molecule has 1 unspecified atom stereocenters. The van der Waals surface area contributed by atoms with E-state index in [4.69, 9.17) is 10.5 Å².